The molecule has 0 saturated heterocycles. The molecule has 0 fully saturated rings. The molecule has 5 heavy (non-hydrogen) atoms. The average Bonchev–Trinajstić information content (AvgIpc) is 0. The minimum absolute atomic E-state index is 0. The number of rotatable bonds is 0. The summed E-state index contributed by atoms with van der Waals surface area (Å²) in [6.45, 7) is 0. The van der Waals surface area contributed by atoms with E-state index in [2.05, 4.69) is 0 Å². The van der Waals surface area contributed by atoms with Gasteiger partial charge in [-0.15, -0.1) is 0 Å². The van der Waals surface area contributed by atoms with Crippen LogP contribution in [0.15, 0.2) is 0 Å². The van der Waals surface area contributed by atoms with Gasteiger partial charge in [0.25, 0.3) is 0 Å². The fraction of sp³-hybridized carbons (Fsp3) is 0. The maximum Gasteiger partial charge on any atom is 3.00 e. The Morgan fingerprint density at radius 1 is 0.400 bits per heavy atom. The van der Waals surface area contributed by atoms with Gasteiger partial charge < -0.3 is 40.5 Å². The molecular formula is Rh2S3. The SMILES string of the molecule is [Rh+3].[Rh+3].[S-2].[S-2].[S-2]. The first-order valence-corrected chi connectivity index (χ1v) is 0. The summed E-state index contributed by atoms with van der Waals surface area (Å²) in [5.74, 6) is 0. The topological polar surface area (TPSA) is 0 Å². The van der Waals surface area contributed by atoms with Crippen LogP contribution in [-0.4, -0.2) is 0 Å². The summed E-state index contributed by atoms with van der Waals surface area (Å²) >= 11 is 0. The zero-order valence-electron chi connectivity index (χ0n) is 1.89. The summed E-state index contributed by atoms with van der Waals surface area (Å²) in [5.41, 5.74) is 0. The molecule has 5 heteroatoms. The molecule has 0 aliphatic heterocycles. The Kier molecular flexibility index (Phi) is 367. The first-order valence-electron chi connectivity index (χ1n) is 0. The first kappa shape index (κ1) is 54.8. The molecule has 0 aliphatic rings. The Balaban J connectivity index is 0. The zero-order valence-corrected chi connectivity index (χ0v) is 7.62. The quantitative estimate of drug-likeness (QED) is 0.552. The van der Waals surface area contributed by atoms with Gasteiger partial charge in [0.05, 0.1) is 0 Å². The van der Waals surface area contributed by atoms with E-state index in [9.17, 15) is 0 Å². The van der Waals surface area contributed by atoms with E-state index in [-0.39, 0.29) is 79.4 Å². The third-order valence-electron chi connectivity index (χ3n) is 0. The normalized spacial score (nSPS) is 0. The van der Waals surface area contributed by atoms with Crippen LogP contribution in [-0.2, 0) is 79.4 Å². The smallest absolute Gasteiger partial charge is 2.00 e. The van der Waals surface area contributed by atoms with Gasteiger partial charge in [0.1, 0.15) is 0 Å². The maximum absolute atomic E-state index is 0. The molecular weight excluding hydrogens is 302 g/mol. The van der Waals surface area contributed by atoms with Gasteiger partial charge in [0, 0.05) is 0 Å². The van der Waals surface area contributed by atoms with Crippen LogP contribution in [0.2, 0.25) is 0 Å². The van der Waals surface area contributed by atoms with E-state index in [1.807, 2.05) is 0 Å². The van der Waals surface area contributed by atoms with Crippen molar-refractivity contribution >= 4 is 40.5 Å². The average molecular weight is 302 g/mol. The summed E-state index contributed by atoms with van der Waals surface area (Å²) in [6, 6.07) is 0. The van der Waals surface area contributed by atoms with Crippen molar-refractivity contribution in [2.75, 3.05) is 0 Å². The van der Waals surface area contributed by atoms with Crippen molar-refractivity contribution in [1.29, 1.82) is 0 Å². The van der Waals surface area contributed by atoms with Gasteiger partial charge in [-0.05, 0) is 0 Å². The largest absolute Gasteiger partial charge is 3.00 e. The molecule has 0 aromatic carbocycles. The Bertz CT molecular complexity index is 4.85. The first-order chi connectivity index (χ1) is 0. The summed E-state index contributed by atoms with van der Waals surface area (Å²) in [6.07, 6.45) is 0. The van der Waals surface area contributed by atoms with E-state index >= 15 is 0 Å². The molecule has 0 radical (unpaired) electrons. The molecule has 0 saturated carbocycles. The molecule has 0 aromatic heterocycles. The second-order valence-corrected chi connectivity index (χ2v) is 0. The molecule has 36 valence electrons. The van der Waals surface area contributed by atoms with E-state index in [1.54, 1.807) is 0 Å². The molecule has 0 N–H and O–H groups in total. The maximum atomic E-state index is 0. The van der Waals surface area contributed by atoms with Crippen molar-refractivity contribution in [3.8, 4) is 0 Å². The summed E-state index contributed by atoms with van der Waals surface area (Å²) in [4.78, 5) is 0. The fourth-order valence-corrected chi connectivity index (χ4v) is 0. The second-order valence-electron chi connectivity index (χ2n) is 0. The molecule has 0 heterocycles. The third-order valence-corrected chi connectivity index (χ3v) is 0. The van der Waals surface area contributed by atoms with Crippen LogP contribution >= 0.6 is 0 Å². The Labute approximate surface area is 78.7 Å². The van der Waals surface area contributed by atoms with Crippen molar-refractivity contribution in [2.45, 2.75) is 0 Å². The van der Waals surface area contributed by atoms with Crippen LogP contribution < -0.4 is 0 Å². The Hall–Kier alpha value is 2.30. The summed E-state index contributed by atoms with van der Waals surface area (Å²) in [7, 11) is 0. The number of hydrogen-bond donors (Lipinski definition) is 0. The standard InChI is InChI=1S/2Rh.3S/q2*+3;3*-2. The van der Waals surface area contributed by atoms with Crippen molar-refractivity contribution in [1.82, 2.24) is 0 Å². The Morgan fingerprint density at radius 2 is 0.400 bits per heavy atom. The van der Waals surface area contributed by atoms with Gasteiger partial charge in [-0.1, -0.05) is 0 Å². The monoisotopic (exact) mass is 302 g/mol. The minimum atomic E-state index is 0. The molecule has 0 bridgehead atoms. The van der Waals surface area contributed by atoms with Gasteiger partial charge in [0.15, 0.2) is 0 Å². The van der Waals surface area contributed by atoms with Crippen molar-refractivity contribution < 1.29 is 39.0 Å². The van der Waals surface area contributed by atoms with E-state index in [1.165, 1.54) is 0 Å². The minimum Gasteiger partial charge on any atom is -2.00 e. The zero-order chi connectivity index (χ0) is 0. The molecule has 0 nitrogen and oxygen atoms in total. The van der Waals surface area contributed by atoms with E-state index in [4.69, 9.17) is 0 Å². The van der Waals surface area contributed by atoms with Crippen LogP contribution in [0.1, 0.15) is 0 Å². The van der Waals surface area contributed by atoms with Gasteiger partial charge in [0.2, 0.25) is 0 Å². The van der Waals surface area contributed by atoms with Crippen LogP contribution in [0.4, 0.5) is 0 Å². The van der Waals surface area contributed by atoms with Crippen molar-refractivity contribution in [3.05, 3.63) is 0 Å². The van der Waals surface area contributed by atoms with Gasteiger partial charge in [-0.25, -0.2) is 0 Å². The van der Waals surface area contributed by atoms with Crippen LogP contribution in [0, 0.1) is 0 Å². The number of hydrogen-bond acceptors (Lipinski definition) is 0. The van der Waals surface area contributed by atoms with Crippen LogP contribution in [0.25, 0.3) is 0 Å². The fourth-order valence-electron chi connectivity index (χ4n) is 0. The molecule has 0 amide bonds. The third kappa shape index (κ3) is 22.0. The van der Waals surface area contributed by atoms with Crippen LogP contribution in [0.5, 0.6) is 0 Å². The van der Waals surface area contributed by atoms with Gasteiger partial charge in [-0.2, -0.15) is 0 Å². The van der Waals surface area contributed by atoms with Gasteiger partial charge >= 0.3 is 39.0 Å². The predicted molar refractivity (Wildman–Crippen MR) is 22.1 cm³/mol. The molecule has 0 unspecified atom stereocenters. The molecule has 0 rings (SSSR count). The molecule has 0 spiro atoms. The molecule has 0 aliphatic carbocycles. The van der Waals surface area contributed by atoms with Gasteiger partial charge in [-0.3, -0.25) is 0 Å². The van der Waals surface area contributed by atoms with Crippen molar-refractivity contribution in [3.63, 3.8) is 0 Å². The van der Waals surface area contributed by atoms with Crippen molar-refractivity contribution in [2.24, 2.45) is 0 Å². The van der Waals surface area contributed by atoms with E-state index < -0.39 is 0 Å². The predicted octanol–water partition coefficient (Wildman–Crippen LogP) is -0.0122. The van der Waals surface area contributed by atoms with E-state index in [0.29, 0.717) is 0 Å². The molecule has 0 aromatic rings. The van der Waals surface area contributed by atoms with Crippen LogP contribution in [0.3, 0.4) is 0 Å². The summed E-state index contributed by atoms with van der Waals surface area (Å²) in [5, 5.41) is 0. The Morgan fingerprint density at radius 3 is 0.400 bits per heavy atom. The summed E-state index contributed by atoms with van der Waals surface area (Å²) < 4.78 is 0. The second kappa shape index (κ2) is 33.5. The molecule has 0 atom stereocenters. The van der Waals surface area contributed by atoms with E-state index in [0.717, 1.165) is 0 Å².